The summed E-state index contributed by atoms with van der Waals surface area (Å²) >= 11 is 0. The van der Waals surface area contributed by atoms with Gasteiger partial charge in [-0.1, -0.05) is 17.3 Å². The minimum atomic E-state index is -0.549. The number of amides is 1. The lowest BCUT2D eigenvalue weighted by molar-refractivity contribution is 0.0126. The summed E-state index contributed by atoms with van der Waals surface area (Å²) in [5.74, 6) is 0. The molecule has 1 heterocycles. The van der Waals surface area contributed by atoms with Crippen molar-refractivity contribution in [1.29, 1.82) is 0 Å². The smallest absolute Gasteiger partial charge is 0.411 e. The van der Waals surface area contributed by atoms with Gasteiger partial charge in [0.15, 0.2) is 0 Å². The van der Waals surface area contributed by atoms with E-state index >= 15 is 0 Å². The van der Waals surface area contributed by atoms with Crippen molar-refractivity contribution >= 4 is 17.1 Å². The first-order valence-corrected chi connectivity index (χ1v) is 7.16. The number of para-hydroxylation sites is 1. The second-order valence-corrected chi connectivity index (χ2v) is 5.96. The first-order chi connectivity index (χ1) is 10.4. The van der Waals surface area contributed by atoms with Gasteiger partial charge >= 0.3 is 6.09 Å². The van der Waals surface area contributed by atoms with Gasteiger partial charge < -0.3 is 9.47 Å². The van der Waals surface area contributed by atoms with Crippen LogP contribution in [0.2, 0.25) is 0 Å². The number of benzene rings is 1. The SMILES string of the molecule is COCCN(Cn1nnc2ccccc21)C(=O)OC(C)(C)C. The molecule has 1 aromatic carbocycles. The van der Waals surface area contributed by atoms with Crippen LogP contribution in [0, 0.1) is 0 Å². The number of ether oxygens (including phenoxy) is 2. The van der Waals surface area contributed by atoms with Crippen LogP contribution in [0.4, 0.5) is 4.79 Å². The quantitative estimate of drug-likeness (QED) is 0.847. The van der Waals surface area contributed by atoms with Crippen LogP contribution in [0.1, 0.15) is 20.8 Å². The molecule has 0 atom stereocenters. The third-order valence-electron chi connectivity index (χ3n) is 2.94. The second kappa shape index (κ2) is 6.74. The van der Waals surface area contributed by atoms with Gasteiger partial charge in [-0.2, -0.15) is 0 Å². The molecule has 0 fully saturated rings. The van der Waals surface area contributed by atoms with Crippen molar-refractivity contribution in [2.45, 2.75) is 33.0 Å². The molecule has 2 aromatic rings. The Morgan fingerprint density at radius 1 is 1.32 bits per heavy atom. The van der Waals surface area contributed by atoms with E-state index in [1.807, 2.05) is 45.0 Å². The molecule has 0 N–H and O–H groups in total. The molecule has 0 spiro atoms. The Balaban J connectivity index is 2.17. The van der Waals surface area contributed by atoms with Crippen LogP contribution in [0.5, 0.6) is 0 Å². The zero-order valence-electron chi connectivity index (χ0n) is 13.4. The molecule has 0 aliphatic heterocycles. The molecule has 0 radical (unpaired) electrons. The van der Waals surface area contributed by atoms with Gasteiger partial charge in [0.25, 0.3) is 0 Å². The highest BCUT2D eigenvalue weighted by Gasteiger charge is 2.23. The average Bonchev–Trinajstić information content (AvgIpc) is 2.84. The van der Waals surface area contributed by atoms with Gasteiger partial charge in [-0.3, -0.25) is 4.90 Å². The third-order valence-corrected chi connectivity index (χ3v) is 2.94. The number of hydrogen-bond donors (Lipinski definition) is 0. The summed E-state index contributed by atoms with van der Waals surface area (Å²) < 4.78 is 12.2. The van der Waals surface area contributed by atoms with Crippen molar-refractivity contribution in [2.75, 3.05) is 20.3 Å². The van der Waals surface area contributed by atoms with Crippen molar-refractivity contribution in [3.8, 4) is 0 Å². The molecule has 0 saturated heterocycles. The number of rotatable bonds is 5. The predicted molar refractivity (Wildman–Crippen MR) is 82.3 cm³/mol. The van der Waals surface area contributed by atoms with Crippen LogP contribution in [0.15, 0.2) is 24.3 Å². The maximum absolute atomic E-state index is 12.3. The minimum absolute atomic E-state index is 0.263. The van der Waals surface area contributed by atoms with E-state index in [-0.39, 0.29) is 6.67 Å². The fourth-order valence-corrected chi connectivity index (χ4v) is 1.93. The molecule has 0 bridgehead atoms. The van der Waals surface area contributed by atoms with Crippen LogP contribution >= 0.6 is 0 Å². The summed E-state index contributed by atoms with van der Waals surface area (Å²) in [6, 6.07) is 7.61. The normalized spacial score (nSPS) is 11.6. The van der Waals surface area contributed by atoms with Gasteiger partial charge in [-0.05, 0) is 32.9 Å². The molecule has 0 aliphatic rings. The van der Waals surface area contributed by atoms with Crippen LogP contribution < -0.4 is 0 Å². The molecule has 0 unspecified atom stereocenters. The van der Waals surface area contributed by atoms with Crippen molar-refractivity contribution in [3.63, 3.8) is 0 Å². The van der Waals surface area contributed by atoms with E-state index in [1.54, 1.807) is 16.7 Å². The molecule has 0 aliphatic carbocycles. The molecule has 7 nitrogen and oxygen atoms in total. The van der Waals surface area contributed by atoms with E-state index in [2.05, 4.69) is 10.3 Å². The number of carbonyl (C=O) groups excluding carboxylic acids is 1. The summed E-state index contributed by atoms with van der Waals surface area (Å²) in [5.41, 5.74) is 1.11. The highest BCUT2D eigenvalue weighted by atomic mass is 16.6. The van der Waals surface area contributed by atoms with Gasteiger partial charge in [0.1, 0.15) is 17.8 Å². The highest BCUT2D eigenvalue weighted by Crippen LogP contribution is 2.13. The zero-order chi connectivity index (χ0) is 16.2. The lowest BCUT2D eigenvalue weighted by Crippen LogP contribution is -2.39. The van der Waals surface area contributed by atoms with E-state index in [1.165, 1.54) is 0 Å². The summed E-state index contributed by atoms with van der Waals surface area (Å²) in [5, 5.41) is 8.19. The first-order valence-electron chi connectivity index (χ1n) is 7.16. The van der Waals surface area contributed by atoms with Crippen molar-refractivity contribution in [2.24, 2.45) is 0 Å². The summed E-state index contributed by atoms with van der Waals surface area (Å²) in [6.07, 6.45) is -0.399. The molecule has 2 rings (SSSR count). The molecule has 7 heteroatoms. The second-order valence-electron chi connectivity index (χ2n) is 5.96. The highest BCUT2D eigenvalue weighted by molar-refractivity contribution is 5.74. The third kappa shape index (κ3) is 4.17. The standard InChI is InChI=1S/C15H22N4O3/c1-15(2,3)22-14(20)18(9-10-21-4)11-19-13-8-6-5-7-12(13)16-17-19/h5-8H,9-11H2,1-4H3. The van der Waals surface area contributed by atoms with Crippen molar-refractivity contribution in [1.82, 2.24) is 19.9 Å². The first kappa shape index (κ1) is 16.2. The molecular formula is C15H22N4O3. The number of methoxy groups -OCH3 is 1. The van der Waals surface area contributed by atoms with E-state index < -0.39 is 11.7 Å². The Morgan fingerprint density at radius 3 is 2.73 bits per heavy atom. The van der Waals surface area contributed by atoms with Gasteiger partial charge in [-0.25, -0.2) is 9.48 Å². The number of fused-ring (bicyclic) bond motifs is 1. The molecule has 22 heavy (non-hydrogen) atoms. The van der Waals surface area contributed by atoms with Crippen LogP contribution in [-0.4, -0.2) is 51.8 Å². The lowest BCUT2D eigenvalue weighted by atomic mass is 10.2. The van der Waals surface area contributed by atoms with Crippen molar-refractivity contribution in [3.05, 3.63) is 24.3 Å². The molecular weight excluding hydrogens is 284 g/mol. The molecule has 1 aromatic heterocycles. The largest absolute Gasteiger partial charge is 0.444 e. The fourth-order valence-electron chi connectivity index (χ4n) is 1.93. The maximum atomic E-state index is 12.3. The van der Waals surface area contributed by atoms with Crippen LogP contribution in [-0.2, 0) is 16.1 Å². The van der Waals surface area contributed by atoms with Gasteiger partial charge in [0, 0.05) is 13.7 Å². The van der Waals surface area contributed by atoms with Crippen LogP contribution in [0.25, 0.3) is 11.0 Å². The summed E-state index contributed by atoms with van der Waals surface area (Å²) in [4.78, 5) is 13.9. The number of nitrogens with zero attached hydrogens (tertiary/aromatic N) is 4. The Morgan fingerprint density at radius 2 is 2.05 bits per heavy atom. The molecule has 0 saturated carbocycles. The van der Waals surface area contributed by atoms with Gasteiger partial charge in [-0.15, -0.1) is 5.10 Å². The molecule has 1 amide bonds. The van der Waals surface area contributed by atoms with E-state index in [9.17, 15) is 4.79 Å². The predicted octanol–water partition coefficient (Wildman–Crippen LogP) is 2.27. The van der Waals surface area contributed by atoms with E-state index in [0.29, 0.717) is 13.2 Å². The fraction of sp³-hybridized carbons (Fsp3) is 0.533. The Hall–Kier alpha value is -2.15. The topological polar surface area (TPSA) is 69.5 Å². The Labute approximate surface area is 129 Å². The monoisotopic (exact) mass is 306 g/mol. The summed E-state index contributed by atoms with van der Waals surface area (Å²) in [6.45, 7) is 6.61. The Bertz CT molecular complexity index is 633. The Kier molecular flexibility index (Phi) is 4.97. The van der Waals surface area contributed by atoms with Gasteiger partial charge in [0.05, 0.1) is 12.1 Å². The summed E-state index contributed by atoms with van der Waals surface area (Å²) in [7, 11) is 1.60. The zero-order valence-corrected chi connectivity index (χ0v) is 13.4. The van der Waals surface area contributed by atoms with E-state index in [4.69, 9.17) is 9.47 Å². The number of aromatic nitrogens is 3. The van der Waals surface area contributed by atoms with E-state index in [0.717, 1.165) is 11.0 Å². The number of carbonyl (C=O) groups is 1. The minimum Gasteiger partial charge on any atom is -0.444 e. The molecule has 120 valence electrons. The lowest BCUT2D eigenvalue weighted by Gasteiger charge is -2.27. The van der Waals surface area contributed by atoms with Crippen molar-refractivity contribution < 1.29 is 14.3 Å². The van der Waals surface area contributed by atoms with Crippen LogP contribution in [0.3, 0.4) is 0 Å². The average molecular weight is 306 g/mol. The maximum Gasteiger partial charge on any atom is 0.411 e. The number of hydrogen-bond acceptors (Lipinski definition) is 5. The van der Waals surface area contributed by atoms with Gasteiger partial charge in [0.2, 0.25) is 0 Å².